The highest BCUT2D eigenvalue weighted by Crippen LogP contribution is 2.34. The van der Waals surface area contributed by atoms with E-state index in [9.17, 15) is 8.78 Å². The maximum Gasteiger partial charge on any atom is 0.213 e. The Morgan fingerprint density at radius 3 is 2.71 bits per heavy atom. The van der Waals surface area contributed by atoms with Crippen LogP contribution in [-0.2, 0) is 0 Å². The Balaban J connectivity index is 1.85. The molecule has 8 heteroatoms. The van der Waals surface area contributed by atoms with E-state index >= 15 is 0 Å². The molecule has 0 N–H and O–H groups in total. The van der Waals surface area contributed by atoms with E-state index in [1.54, 1.807) is 17.0 Å². The second-order valence-corrected chi connectivity index (χ2v) is 6.69. The molecule has 1 aliphatic rings. The van der Waals surface area contributed by atoms with E-state index in [2.05, 4.69) is 15.3 Å². The van der Waals surface area contributed by atoms with E-state index in [4.69, 9.17) is 4.42 Å². The summed E-state index contributed by atoms with van der Waals surface area (Å²) in [4.78, 5) is 0. The normalized spacial score (nSPS) is 16.8. The van der Waals surface area contributed by atoms with E-state index in [0.29, 0.717) is 28.0 Å². The van der Waals surface area contributed by atoms with Crippen LogP contribution in [0.5, 0.6) is 0 Å². The van der Waals surface area contributed by atoms with Gasteiger partial charge in [0.1, 0.15) is 5.76 Å². The molecule has 24 heavy (non-hydrogen) atoms. The van der Waals surface area contributed by atoms with Crippen LogP contribution in [0.4, 0.5) is 8.78 Å². The molecule has 3 heterocycles. The third kappa shape index (κ3) is 2.34. The van der Waals surface area contributed by atoms with Gasteiger partial charge >= 0.3 is 0 Å². The summed E-state index contributed by atoms with van der Waals surface area (Å²) < 4.78 is 33.7. The van der Waals surface area contributed by atoms with Crippen molar-refractivity contribution in [1.82, 2.24) is 14.9 Å². The maximum atomic E-state index is 13.6. The topological polar surface area (TPSA) is 56.2 Å². The van der Waals surface area contributed by atoms with Crippen molar-refractivity contribution in [2.45, 2.75) is 24.3 Å². The summed E-state index contributed by atoms with van der Waals surface area (Å²) in [6, 6.07) is 5.57. The summed E-state index contributed by atoms with van der Waals surface area (Å²) in [5.74, 6) is -0.517. The number of aromatic nitrogens is 3. The van der Waals surface area contributed by atoms with Gasteiger partial charge in [-0.1, -0.05) is 11.8 Å². The first-order chi connectivity index (χ1) is 11.5. The molecule has 0 bridgehead atoms. The van der Waals surface area contributed by atoms with E-state index < -0.39 is 11.6 Å². The zero-order valence-electron chi connectivity index (χ0n) is 12.8. The molecule has 1 aromatic carbocycles. The molecule has 0 amide bonds. The maximum absolute atomic E-state index is 13.6. The van der Waals surface area contributed by atoms with Crippen molar-refractivity contribution >= 4 is 17.5 Å². The molecule has 1 aliphatic heterocycles. The summed E-state index contributed by atoms with van der Waals surface area (Å²) in [6.45, 7) is 3.77. The lowest BCUT2D eigenvalue weighted by atomic mass is 10.1. The molecule has 3 aromatic rings. The molecule has 0 saturated carbocycles. The third-order valence-corrected chi connectivity index (χ3v) is 4.84. The van der Waals surface area contributed by atoms with Crippen molar-refractivity contribution in [3.63, 3.8) is 0 Å². The van der Waals surface area contributed by atoms with Crippen molar-refractivity contribution in [3.8, 4) is 11.4 Å². The predicted molar refractivity (Wildman–Crippen MR) is 86.1 cm³/mol. The van der Waals surface area contributed by atoms with Crippen LogP contribution in [0.1, 0.15) is 18.2 Å². The number of hydrogen-bond donors (Lipinski definition) is 0. The van der Waals surface area contributed by atoms with Crippen LogP contribution in [0, 0.1) is 18.6 Å². The van der Waals surface area contributed by atoms with Gasteiger partial charge in [0.15, 0.2) is 17.5 Å². The van der Waals surface area contributed by atoms with Gasteiger partial charge in [0.05, 0.1) is 22.8 Å². The van der Waals surface area contributed by atoms with Crippen molar-refractivity contribution in [1.29, 1.82) is 0 Å². The summed E-state index contributed by atoms with van der Waals surface area (Å²) in [6.07, 6.45) is 1.57. The van der Waals surface area contributed by atoms with Crippen LogP contribution in [0.3, 0.4) is 0 Å². The molecule has 2 aromatic heterocycles. The summed E-state index contributed by atoms with van der Waals surface area (Å²) in [5.41, 5.74) is 1.95. The summed E-state index contributed by atoms with van der Waals surface area (Å²) in [5, 5.41) is 13.5. The first-order valence-electron chi connectivity index (χ1n) is 7.25. The highest BCUT2D eigenvalue weighted by atomic mass is 32.2. The number of aryl methyl sites for hydroxylation is 1. The number of hydrogen-bond acceptors (Lipinski definition) is 5. The average Bonchev–Trinajstić information content (AvgIpc) is 3.14. The minimum Gasteiger partial charge on any atom is -0.469 e. The monoisotopic (exact) mass is 346 g/mol. The number of rotatable bonds is 2. The summed E-state index contributed by atoms with van der Waals surface area (Å²) in [7, 11) is 0. The highest BCUT2D eigenvalue weighted by molar-refractivity contribution is 8.00. The van der Waals surface area contributed by atoms with Crippen molar-refractivity contribution < 1.29 is 13.2 Å². The molecule has 0 saturated heterocycles. The zero-order chi connectivity index (χ0) is 16.8. The van der Waals surface area contributed by atoms with E-state index in [1.807, 2.05) is 13.8 Å². The number of thioether (sulfide) groups is 1. The lowest BCUT2D eigenvalue weighted by Crippen LogP contribution is -2.22. The first-order valence-corrected chi connectivity index (χ1v) is 8.13. The quantitative estimate of drug-likeness (QED) is 0.707. The minimum absolute atomic E-state index is 0.0649. The highest BCUT2D eigenvalue weighted by Gasteiger charge is 2.27. The van der Waals surface area contributed by atoms with E-state index in [0.717, 1.165) is 17.7 Å². The van der Waals surface area contributed by atoms with Crippen molar-refractivity contribution in [3.05, 3.63) is 53.5 Å². The molecule has 122 valence electrons. The van der Waals surface area contributed by atoms with E-state index in [1.165, 1.54) is 17.8 Å². The number of nitrogens with zero attached hydrogens (tertiary/aromatic N) is 4. The molecule has 0 aliphatic carbocycles. The fourth-order valence-electron chi connectivity index (χ4n) is 2.56. The van der Waals surface area contributed by atoms with Gasteiger partial charge in [-0.05, 0) is 38.1 Å². The third-order valence-electron chi connectivity index (χ3n) is 3.80. The molecular formula is C16H12F2N4OS. The van der Waals surface area contributed by atoms with Crippen LogP contribution in [-0.4, -0.2) is 25.8 Å². The zero-order valence-corrected chi connectivity index (χ0v) is 13.6. The Kier molecular flexibility index (Phi) is 3.49. The van der Waals surface area contributed by atoms with Crippen LogP contribution in [0.2, 0.25) is 0 Å². The average molecular weight is 346 g/mol. The van der Waals surface area contributed by atoms with Gasteiger partial charge in [-0.15, -0.1) is 10.2 Å². The van der Waals surface area contributed by atoms with Gasteiger partial charge in [0.25, 0.3) is 0 Å². The molecule has 5 nitrogen and oxygen atoms in total. The first kappa shape index (κ1) is 15.1. The van der Waals surface area contributed by atoms with Gasteiger partial charge in [-0.25, -0.2) is 8.78 Å². The molecule has 4 rings (SSSR count). The van der Waals surface area contributed by atoms with E-state index in [-0.39, 0.29) is 5.25 Å². The number of furan rings is 1. The smallest absolute Gasteiger partial charge is 0.213 e. The van der Waals surface area contributed by atoms with Gasteiger partial charge in [-0.3, -0.25) is 0 Å². The molecule has 0 fully saturated rings. The molecule has 1 atom stereocenters. The fraction of sp³-hybridized carbons (Fsp3) is 0.188. The fourth-order valence-corrected chi connectivity index (χ4v) is 3.49. The lowest BCUT2D eigenvalue weighted by molar-refractivity contribution is 0.508. The number of fused-ring (bicyclic) bond motifs is 1. The largest absolute Gasteiger partial charge is 0.469 e. The second kappa shape index (κ2) is 5.55. The standard InChI is InChI=1S/C16H12F2N4OS/c1-8-11(5-6-23-8)15-19-20-16-22(15)21-14(9(2)24-16)10-3-4-12(17)13(18)7-10/h3-7,9H,1-2H3/t9-/m1/s1. The number of benzene rings is 1. The Morgan fingerprint density at radius 2 is 2.00 bits per heavy atom. The Bertz CT molecular complexity index is 963. The molecular weight excluding hydrogens is 334 g/mol. The minimum atomic E-state index is -0.896. The van der Waals surface area contributed by atoms with Crippen LogP contribution >= 0.6 is 11.8 Å². The van der Waals surface area contributed by atoms with Gasteiger partial charge < -0.3 is 4.42 Å². The summed E-state index contributed by atoms with van der Waals surface area (Å²) >= 11 is 1.46. The number of halogens is 2. The molecule has 0 radical (unpaired) electrons. The SMILES string of the molecule is Cc1occc1-c1nnc2n1N=C(c1ccc(F)c(F)c1)[C@@H](C)S2. The molecule has 0 spiro atoms. The van der Waals surface area contributed by atoms with Crippen LogP contribution in [0.25, 0.3) is 11.4 Å². The van der Waals surface area contributed by atoms with Gasteiger partial charge in [-0.2, -0.15) is 9.78 Å². The Morgan fingerprint density at radius 1 is 1.17 bits per heavy atom. The predicted octanol–water partition coefficient (Wildman–Crippen LogP) is 3.87. The van der Waals surface area contributed by atoms with Gasteiger partial charge in [0, 0.05) is 5.56 Å². The Hall–Kier alpha value is -2.48. The van der Waals surface area contributed by atoms with Crippen molar-refractivity contribution in [2.24, 2.45) is 5.10 Å². The van der Waals surface area contributed by atoms with Crippen molar-refractivity contribution in [2.75, 3.05) is 0 Å². The van der Waals surface area contributed by atoms with Gasteiger partial charge in [0.2, 0.25) is 5.16 Å². The Labute approximate surface area is 140 Å². The van der Waals surface area contributed by atoms with Crippen LogP contribution in [0.15, 0.2) is 45.2 Å². The molecule has 0 unspecified atom stereocenters. The second-order valence-electron chi connectivity index (χ2n) is 5.38. The lowest BCUT2D eigenvalue weighted by Gasteiger charge is -2.19. The van der Waals surface area contributed by atoms with Crippen LogP contribution < -0.4 is 0 Å².